The van der Waals surface area contributed by atoms with Crippen molar-refractivity contribution in [1.29, 1.82) is 0 Å². The number of halogens is 2. The summed E-state index contributed by atoms with van der Waals surface area (Å²) in [5.74, 6) is 0.481. The predicted octanol–water partition coefficient (Wildman–Crippen LogP) is 2.67. The number of hydrogen-bond acceptors (Lipinski definition) is 3. The highest BCUT2D eigenvalue weighted by molar-refractivity contribution is 9.10. The van der Waals surface area contributed by atoms with E-state index in [0.29, 0.717) is 5.82 Å². The van der Waals surface area contributed by atoms with E-state index in [1.807, 2.05) is 6.07 Å². The van der Waals surface area contributed by atoms with Gasteiger partial charge in [-0.15, -0.1) is 0 Å². The van der Waals surface area contributed by atoms with Crippen molar-refractivity contribution in [1.82, 2.24) is 4.98 Å². The molecule has 0 saturated heterocycles. The van der Waals surface area contributed by atoms with Crippen molar-refractivity contribution in [3.8, 4) is 0 Å². The first-order chi connectivity index (χ1) is 4.74. The lowest BCUT2D eigenvalue weighted by atomic mass is 10.5. The number of hydrogen-bond donors (Lipinski definition) is 1. The van der Waals surface area contributed by atoms with Crippen LogP contribution >= 0.6 is 37.6 Å². The third-order valence-electron chi connectivity index (χ3n) is 0.934. The summed E-state index contributed by atoms with van der Waals surface area (Å²) in [6.07, 6.45) is 1.62. The van der Waals surface area contributed by atoms with Gasteiger partial charge in [-0.2, -0.15) is 0 Å². The molecule has 0 fully saturated rings. The van der Waals surface area contributed by atoms with E-state index < -0.39 is 0 Å². The van der Waals surface area contributed by atoms with Crippen molar-refractivity contribution >= 4 is 43.4 Å². The van der Waals surface area contributed by atoms with Crippen molar-refractivity contribution in [3.05, 3.63) is 16.7 Å². The molecule has 54 valence electrons. The van der Waals surface area contributed by atoms with Crippen LogP contribution in [0.25, 0.3) is 0 Å². The zero-order valence-corrected chi connectivity index (χ0v) is 8.00. The van der Waals surface area contributed by atoms with Gasteiger partial charge < -0.3 is 5.73 Å². The lowest BCUT2D eigenvalue weighted by Gasteiger charge is -1.96. The van der Waals surface area contributed by atoms with Gasteiger partial charge in [0.05, 0.1) is 4.47 Å². The average molecular weight is 240 g/mol. The van der Waals surface area contributed by atoms with E-state index >= 15 is 0 Å². The fourth-order valence-corrected chi connectivity index (χ4v) is 1.48. The molecule has 0 unspecified atom stereocenters. The minimum atomic E-state index is 0.481. The van der Waals surface area contributed by atoms with Crippen LogP contribution in [-0.2, 0) is 0 Å². The van der Waals surface area contributed by atoms with Gasteiger partial charge in [-0.25, -0.2) is 4.98 Å². The van der Waals surface area contributed by atoms with Crippen LogP contribution in [0.5, 0.6) is 0 Å². The second-order valence-electron chi connectivity index (χ2n) is 1.62. The third kappa shape index (κ3) is 1.78. The molecule has 0 aliphatic rings. The summed E-state index contributed by atoms with van der Waals surface area (Å²) in [6.45, 7) is 0. The van der Waals surface area contributed by atoms with Crippen LogP contribution < -0.4 is 5.73 Å². The molecule has 2 nitrogen and oxygen atoms in total. The zero-order valence-electron chi connectivity index (χ0n) is 4.84. The highest BCUT2D eigenvalue weighted by Crippen LogP contribution is 2.26. The highest BCUT2D eigenvalue weighted by Gasteiger charge is 1.97. The van der Waals surface area contributed by atoms with Gasteiger partial charge in [-0.1, -0.05) is 0 Å². The number of nitrogen functional groups attached to an aromatic ring is 1. The Morgan fingerprint density at radius 1 is 1.70 bits per heavy atom. The first-order valence-corrected chi connectivity index (χ1v) is 4.87. The Labute approximate surface area is 75.8 Å². The van der Waals surface area contributed by atoms with E-state index in [-0.39, 0.29) is 0 Å². The standard InChI is InChI=1S/C5H4BrClN2S/c6-4-1-3(10-7)2-9-5(4)8/h1-2H,(H2,8,9). The van der Waals surface area contributed by atoms with Gasteiger partial charge in [0.1, 0.15) is 5.82 Å². The molecule has 0 aromatic carbocycles. The average Bonchev–Trinajstić information content (AvgIpc) is 1.95. The monoisotopic (exact) mass is 238 g/mol. The molecule has 1 rings (SSSR count). The number of nitrogens with zero attached hydrogens (tertiary/aromatic N) is 1. The molecular weight excluding hydrogens is 235 g/mol. The van der Waals surface area contributed by atoms with Gasteiger partial charge >= 0.3 is 0 Å². The quantitative estimate of drug-likeness (QED) is 0.819. The van der Waals surface area contributed by atoms with Gasteiger partial charge in [0, 0.05) is 11.1 Å². The normalized spacial score (nSPS) is 9.80. The topological polar surface area (TPSA) is 38.9 Å². The molecule has 0 amide bonds. The maximum atomic E-state index is 5.47. The molecule has 0 aliphatic heterocycles. The van der Waals surface area contributed by atoms with E-state index in [9.17, 15) is 0 Å². The number of nitrogens with two attached hydrogens (primary N) is 1. The minimum absolute atomic E-state index is 0.481. The Hall–Kier alpha value is 0.0700. The lowest BCUT2D eigenvalue weighted by Crippen LogP contribution is -1.89. The summed E-state index contributed by atoms with van der Waals surface area (Å²) in [5, 5.41) is 0. The molecule has 0 saturated carbocycles. The summed E-state index contributed by atoms with van der Waals surface area (Å²) >= 11 is 3.23. The Kier molecular flexibility index (Phi) is 2.82. The molecule has 0 bridgehead atoms. The van der Waals surface area contributed by atoms with Crippen molar-refractivity contribution in [3.63, 3.8) is 0 Å². The molecule has 0 spiro atoms. The van der Waals surface area contributed by atoms with E-state index in [1.165, 1.54) is 0 Å². The van der Waals surface area contributed by atoms with Crippen LogP contribution in [-0.4, -0.2) is 4.98 Å². The summed E-state index contributed by atoms with van der Waals surface area (Å²) in [7, 11) is 6.58. The van der Waals surface area contributed by atoms with Crippen LogP contribution in [0.2, 0.25) is 0 Å². The molecule has 2 N–H and O–H groups in total. The maximum absolute atomic E-state index is 5.47. The Morgan fingerprint density at radius 3 is 2.90 bits per heavy atom. The molecule has 10 heavy (non-hydrogen) atoms. The zero-order chi connectivity index (χ0) is 7.56. The summed E-state index contributed by atoms with van der Waals surface area (Å²) < 4.78 is 0.776. The van der Waals surface area contributed by atoms with Crippen molar-refractivity contribution in [2.75, 3.05) is 5.73 Å². The lowest BCUT2D eigenvalue weighted by molar-refractivity contribution is 1.23. The van der Waals surface area contributed by atoms with E-state index in [1.54, 1.807) is 6.20 Å². The van der Waals surface area contributed by atoms with Crippen LogP contribution in [0, 0.1) is 0 Å². The first-order valence-electron chi connectivity index (χ1n) is 2.43. The first kappa shape index (κ1) is 8.17. The summed E-state index contributed by atoms with van der Waals surface area (Å²) in [6, 6.07) is 1.82. The van der Waals surface area contributed by atoms with Crippen molar-refractivity contribution in [2.24, 2.45) is 0 Å². The van der Waals surface area contributed by atoms with Gasteiger partial charge in [-0.05, 0) is 43.7 Å². The fraction of sp³-hybridized carbons (Fsp3) is 0. The SMILES string of the molecule is Nc1ncc(SCl)cc1Br. The van der Waals surface area contributed by atoms with Gasteiger partial charge in [0.15, 0.2) is 0 Å². The Morgan fingerprint density at radius 2 is 2.40 bits per heavy atom. The summed E-state index contributed by atoms with van der Waals surface area (Å²) in [5.41, 5.74) is 5.43. The number of pyridine rings is 1. The molecular formula is C5H4BrClN2S. The molecule has 0 aliphatic carbocycles. The fourth-order valence-electron chi connectivity index (χ4n) is 0.473. The maximum Gasteiger partial charge on any atom is 0.137 e. The van der Waals surface area contributed by atoms with Crippen LogP contribution in [0.15, 0.2) is 21.6 Å². The predicted molar refractivity (Wildman–Crippen MR) is 48.1 cm³/mol. The molecule has 1 aromatic rings. The van der Waals surface area contributed by atoms with Gasteiger partial charge in [0.2, 0.25) is 0 Å². The Bertz CT molecular complexity index is 243. The highest BCUT2D eigenvalue weighted by atomic mass is 79.9. The van der Waals surface area contributed by atoms with Crippen molar-refractivity contribution in [2.45, 2.75) is 4.90 Å². The third-order valence-corrected chi connectivity index (χ3v) is 2.50. The van der Waals surface area contributed by atoms with Crippen LogP contribution in [0.4, 0.5) is 5.82 Å². The number of rotatable bonds is 1. The number of aromatic nitrogens is 1. The molecule has 0 radical (unpaired) electrons. The number of anilines is 1. The van der Waals surface area contributed by atoms with Crippen LogP contribution in [0.1, 0.15) is 0 Å². The summed E-state index contributed by atoms with van der Waals surface area (Å²) in [4.78, 5) is 4.75. The van der Waals surface area contributed by atoms with Crippen molar-refractivity contribution < 1.29 is 0 Å². The van der Waals surface area contributed by atoms with Gasteiger partial charge in [0.25, 0.3) is 0 Å². The van der Waals surface area contributed by atoms with E-state index in [2.05, 4.69) is 20.9 Å². The van der Waals surface area contributed by atoms with E-state index in [0.717, 1.165) is 20.3 Å². The molecule has 0 atom stereocenters. The molecule has 1 heterocycles. The van der Waals surface area contributed by atoms with Crippen LogP contribution in [0.3, 0.4) is 0 Å². The largest absolute Gasteiger partial charge is 0.383 e. The minimum Gasteiger partial charge on any atom is -0.383 e. The molecule has 5 heteroatoms. The second-order valence-corrected chi connectivity index (χ2v) is 3.56. The van der Waals surface area contributed by atoms with Gasteiger partial charge in [-0.3, -0.25) is 0 Å². The van der Waals surface area contributed by atoms with E-state index in [4.69, 9.17) is 16.4 Å². The smallest absolute Gasteiger partial charge is 0.137 e. The second kappa shape index (κ2) is 3.46. The Balaban J connectivity index is 3.04. The molecule has 1 aromatic heterocycles.